The molecule has 0 aromatic heterocycles. The second-order valence-corrected chi connectivity index (χ2v) is 1.99. The van der Waals surface area contributed by atoms with Crippen molar-refractivity contribution in [1.29, 1.82) is 10.5 Å². The van der Waals surface area contributed by atoms with E-state index in [4.69, 9.17) is 15.3 Å². The second kappa shape index (κ2) is 3.31. The van der Waals surface area contributed by atoms with Gasteiger partial charge < -0.3 is 4.74 Å². The van der Waals surface area contributed by atoms with E-state index in [1.54, 1.807) is 6.07 Å². The first-order valence-electron chi connectivity index (χ1n) is 3.06. The van der Waals surface area contributed by atoms with Gasteiger partial charge in [0.15, 0.2) is 6.79 Å². The van der Waals surface area contributed by atoms with Crippen molar-refractivity contribution < 1.29 is 14.5 Å². The summed E-state index contributed by atoms with van der Waals surface area (Å²) in [5.74, 6) is -1.35. The molecule has 1 atom stereocenters. The highest BCUT2D eigenvalue weighted by Gasteiger charge is 2.38. The normalized spacial score (nSPS) is 29.3. The first-order chi connectivity index (χ1) is 5.33. The molecule has 5 heteroatoms. The van der Waals surface area contributed by atoms with Crippen LogP contribution in [0.3, 0.4) is 0 Å². The van der Waals surface area contributed by atoms with E-state index >= 15 is 0 Å². The molecule has 0 radical (unpaired) electrons. The van der Waals surface area contributed by atoms with Crippen molar-refractivity contribution in [3.05, 3.63) is 0 Å². The summed E-state index contributed by atoms with van der Waals surface area (Å²) in [6, 6.07) is 3.68. The predicted molar refractivity (Wildman–Crippen MR) is 31.3 cm³/mol. The Morgan fingerprint density at radius 3 is 2.73 bits per heavy atom. The van der Waals surface area contributed by atoms with Gasteiger partial charge in [0, 0.05) is 12.8 Å². The van der Waals surface area contributed by atoms with E-state index in [2.05, 4.69) is 9.78 Å². The third kappa shape index (κ3) is 1.66. The van der Waals surface area contributed by atoms with Gasteiger partial charge in [0.25, 0.3) is 5.79 Å². The smallest absolute Gasteiger partial charge is 0.292 e. The first-order valence-corrected chi connectivity index (χ1v) is 3.06. The molecular formula is C6H6N2O3. The molecule has 0 amide bonds. The minimum Gasteiger partial charge on any atom is -0.306 e. The third-order valence-corrected chi connectivity index (χ3v) is 1.27. The minimum absolute atomic E-state index is 0.0566. The molecule has 0 spiro atoms. The fourth-order valence-electron chi connectivity index (χ4n) is 0.704. The van der Waals surface area contributed by atoms with Crippen molar-refractivity contribution in [3.8, 4) is 12.1 Å². The highest BCUT2D eigenvalue weighted by Crippen LogP contribution is 2.24. The van der Waals surface area contributed by atoms with E-state index in [0.29, 0.717) is 0 Å². The molecule has 0 saturated carbocycles. The van der Waals surface area contributed by atoms with Gasteiger partial charge in [-0.3, -0.25) is 0 Å². The van der Waals surface area contributed by atoms with Crippen LogP contribution in [-0.4, -0.2) is 12.6 Å². The molecule has 0 aliphatic carbocycles. The SMILES string of the molecule is N#CCCC1(C#N)OCOO1. The Morgan fingerprint density at radius 1 is 1.45 bits per heavy atom. The molecule has 1 rings (SSSR count). The number of hydrogen-bond donors (Lipinski definition) is 0. The Morgan fingerprint density at radius 2 is 2.27 bits per heavy atom. The van der Waals surface area contributed by atoms with Crippen molar-refractivity contribution >= 4 is 0 Å². The number of hydrogen-bond acceptors (Lipinski definition) is 5. The largest absolute Gasteiger partial charge is 0.306 e. The molecule has 1 saturated heterocycles. The van der Waals surface area contributed by atoms with Gasteiger partial charge in [0.2, 0.25) is 0 Å². The highest BCUT2D eigenvalue weighted by molar-refractivity contribution is 4.95. The Hall–Kier alpha value is -1.14. The van der Waals surface area contributed by atoms with E-state index in [1.807, 2.05) is 6.07 Å². The summed E-state index contributed by atoms with van der Waals surface area (Å²) < 4.78 is 4.84. The van der Waals surface area contributed by atoms with Crippen LogP contribution in [0.4, 0.5) is 0 Å². The molecule has 1 heterocycles. The van der Waals surface area contributed by atoms with Crippen molar-refractivity contribution in [2.45, 2.75) is 18.6 Å². The summed E-state index contributed by atoms with van der Waals surface area (Å²) in [5.41, 5.74) is 0. The Bertz CT molecular complexity index is 209. The maximum Gasteiger partial charge on any atom is 0.292 e. The summed E-state index contributed by atoms with van der Waals surface area (Å²) in [6.45, 7) is -0.0566. The first kappa shape index (κ1) is 7.96. The second-order valence-electron chi connectivity index (χ2n) is 1.99. The molecule has 1 unspecified atom stereocenters. The zero-order valence-corrected chi connectivity index (χ0v) is 5.74. The van der Waals surface area contributed by atoms with E-state index in [0.717, 1.165) is 0 Å². The monoisotopic (exact) mass is 154 g/mol. The molecule has 1 aliphatic heterocycles. The van der Waals surface area contributed by atoms with E-state index < -0.39 is 5.79 Å². The highest BCUT2D eigenvalue weighted by atomic mass is 17.3. The fourth-order valence-corrected chi connectivity index (χ4v) is 0.704. The van der Waals surface area contributed by atoms with E-state index in [9.17, 15) is 0 Å². The van der Waals surface area contributed by atoms with Gasteiger partial charge in [0.05, 0.1) is 6.07 Å². The Labute approximate surface area is 63.6 Å². The number of nitriles is 2. The topological polar surface area (TPSA) is 75.3 Å². The molecule has 11 heavy (non-hydrogen) atoms. The van der Waals surface area contributed by atoms with Crippen molar-refractivity contribution in [3.63, 3.8) is 0 Å². The Balaban J connectivity index is 2.49. The summed E-state index contributed by atoms with van der Waals surface area (Å²) in [6.07, 6.45) is 0.414. The van der Waals surface area contributed by atoms with Gasteiger partial charge in [0.1, 0.15) is 6.07 Å². The van der Waals surface area contributed by atoms with Crippen LogP contribution in [-0.2, 0) is 14.5 Å². The summed E-state index contributed by atoms with van der Waals surface area (Å²) in [5, 5.41) is 16.8. The van der Waals surface area contributed by atoms with Crippen molar-refractivity contribution in [2.75, 3.05) is 6.79 Å². The summed E-state index contributed by atoms with van der Waals surface area (Å²) >= 11 is 0. The lowest BCUT2D eigenvalue weighted by molar-refractivity contribution is -0.302. The lowest BCUT2D eigenvalue weighted by Crippen LogP contribution is -2.27. The van der Waals surface area contributed by atoms with E-state index in [-0.39, 0.29) is 19.6 Å². The van der Waals surface area contributed by atoms with Crippen LogP contribution in [0.5, 0.6) is 0 Å². The molecule has 1 fully saturated rings. The minimum atomic E-state index is -1.35. The summed E-state index contributed by atoms with van der Waals surface area (Å²) in [4.78, 5) is 8.95. The standard InChI is InChI=1S/C6H6N2O3/c7-3-1-2-6(4-8)9-5-10-11-6/h1-2,5H2. The van der Waals surface area contributed by atoms with Crippen LogP contribution < -0.4 is 0 Å². The maximum absolute atomic E-state index is 8.55. The summed E-state index contributed by atoms with van der Waals surface area (Å²) in [7, 11) is 0. The Kier molecular flexibility index (Phi) is 2.40. The van der Waals surface area contributed by atoms with Crippen LogP contribution in [0.1, 0.15) is 12.8 Å². The van der Waals surface area contributed by atoms with Crippen molar-refractivity contribution in [2.24, 2.45) is 0 Å². The van der Waals surface area contributed by atoms with Gasteiger partial charge in [-0.1, -0.05) is 0 Å². The van der Waals surface area contributed by atoms with E-state index in [1.165, 1.54) is 0 Å². The lowest BCUT2D eigenvalue weighted by Gasteiger charge is -2.12. The molecule has 0 bridgehead atoms. The van der Waals surface area contributed by atoms with Gasteiger partial charge in [-0.25, -0.2) is 4.89 Å². The molecule has 5 nitrogen and oxygen atoms in total. The average molecular weight is 154 g/mol. The van der Waals surface area contributed by atoms with Crippen LogP contribution in [0.25, 0.3) is 0 Å². The fraction of sp³-hybridized carbons (Fsp3) is 0.667. The molecular weight excluding hydrogens is 148 g/mol. The van der Waals surface area contributed by atoms with Gasteiger partial charge in [-0.05, 0) is 0 Å². The zero-order valence-electron chi connectivity index (χ0n) is 5.74. The quantitative estimate of drug-likeness (QED) is 0.539. The van der Waals surface area contributed by atoms with Crippen molar-refractivity contribution in [1.82, 2.24) is 0 Å². The van der Waals surface area contributed by atoms with Crippen LogP contribution in [0, 0.1) is 22.7 Å². The molecule has 0 N–H and O–H groups in total. The van der Waals surface area contributed by atoms with Crippen LogP contribution >= 0.6 is 0 Å². The lowest BCUT2D eigenvalue weighted by atomic mass is 10.2. The van der Waals surface area contributed by atoms with Gasteiger partial charge >= 0.3 is 0 Å². The average Bonchev–Trinajstić information content (AvgIpc) is 2.50. The van der Waals surface area contributed by atoms with Gasteiger partial charge in [-0.2, -0.15) is 15.4 Å². The zero-order chi connectivity index (χ0) is 8.16. The van der Waals surface area contributed by atoms with Gasteiger partial charge in [-0.15, -0.1) is 0 Å². The maximum atomic E-state index is 8.55. The molecule has 0 aromatic carbocycles. The third-order valence-electron chi connectivity index (χ3n) is 1.27. The molecule has 58 valence electrons. The molecule has 1 aliphatic rings. The predicted octanol–water partition coefficient (Wildman–Crippen LogP) is 0.446. The number of rotatable bonds is 2. The number of nitrogens with zero attached hydrogens (tertiary/aromatic N) is 2. The molecule has 0 aromatic rings. The van der Waals surface area contributed by atoms with Crippen LogP contribution in [0.15, 0.2) is 0 Å². The number of ether oxygens (including phenoxy) is 1. The van der Waals surface area contributed by atoms with Crippen LogP contribution in [0.2, 0.25) is 0 Å².